The Morgan fingerprint density at radius 2 is 1.60 bits per heavy atom. The predicted molar refractivity (Wildman–Crippen MR) is 93.8 cm³/mol. The fourth-order valence-corrected chi connectivity index (χ4v) is 2.44. The summed E-state index contributed by atoms with van der Waals surface area (Å²) in [6.45, 7) is 4.30. The molecule has 0 bridgehead atoms. The zero-order chi connectivity index (χ0) is 17.6. The zero-order valence-electron chi connectivity index (χ0n) is 13.9. The molecule has 2 N–H and O–H groups in total. The molecule has 2 aromatic rings. The molecule has 2 heterocycles. The first-order valence-electron chi connectivity index (χ1n) is 7.97. The van der Waals surface area contributed by atoms with Gasteiger partial charge in [0.15, 0.2) is 11.5 Å². The van der Waals surface area contributed by atoms with Crippen LogP contribution >= 0.6 is 0 Å². The molecule has 1 aromatic carbocycles. The highest BCUT2D eigenvalue weighted by Gasteiger charge is 2.14. The maximum absolute atomic E-state index is 12.2. The number of hydrogen-bond donors (Lipinski definition) is 2. The Labute approximate surface area is 145 Å². The minimum absolute atomic E-state index is 0.146. The van der Waals surface area contributed by atoms with Crippen molar-refractivity contribution in [1.82, 2.24) is 10.2 Å². The van der Waals surface area contributed by atoms with Crippen molar-refractivity contribution < 1.29 is 14.3 Å². The summed E-state index contributed by atoms with van der Waals surface area (Å²) in [5.74, 6) is 0.250. The Kier molecular flexibility index (Phi) is 5.20. The summed E-state index contributed by atoms with van der Waals surface area (Å²) < 4.78 is 5.30. The van der Waals surface area contributed by atoms with Crippen LogP contribution in [0.5, 0.6) is 0 Å². The summed E-state index contributed by atoms with van der Waals surface area (Å²) in [4.78, 5) is 25.3. The van der Waals surface area contributed by atoms with Crippen LogP contribution in [0.1, 0.15) is 17.4 Å². The van der Waals surface area contributed by atoms with E-state index in [1.165, 1.54) is 6.92 Å². The van der Waals surface area contributed by atoms with E-state index in [2.05, 4.69) is 25.7 Å². The molecule has 8 nitrogen and oxygen atoms in total. The third kappa shape index (κ3) is 4.51. The number of benzene rings is 1. The van der Waals surface area contributed by atoms with Crippen LogP contribution < -0.4 is 15.5 Å². The second-order valence-electron chi connectivity index (χ2n) is 5.59. The minimum atomic E-state index is -0.340. The van der Waals surface area contributed by atoms with Gasteiger partial charge < -0.3 is 20.3 Å². The number of amides is 2. The van der Waals surface area contributed by atoms with E-state index in [1.807, 2.05) is 0 Å². The highest BCUT2D eigenvalue weighted by atomic mass is 16.5. The molecule has 0 unspecified atom stereocenters. The Morgan fingerprint density at radius 1 is 0.960 bits per heavy atom. The number of rotatable bonds is 4. The first kappa shape index (κ1) is 16.8. The van der Waals surface area contributed by atoms with Gasteiger partial charge in [-0.3, -0.25) is 9.59 Å². The summed E-state index contributed by atoms with van der Waals surface area (Å²) in [6, 6.07) is 10.3. The molecule has 0 saturated carbocycles. The van der Waals surface area contributed by atoms with E-state index in [0.717, 1.165) is 18.9 Å². The molecule has 1 aliphatic rings. The largest absolute Gasteiger partial charge is 0.378 e. The average Bonchev–Trinajstić information content (AvgIpc) is 2.64. The van der Waals surface area contributed by atoms with Gasteiger partial charge in [-0.2, -0.15) is 0 Å². The molecule has 1 aliphatic heterocycles. The molecule has 0 spiro atoms. The van der Waals surface area contributed by atoms with Gasteiger partial charge in [-0.1, -0.05) is 0 Å². The van der Waals surface area contributed by atoms with E-state index in [4.69, 9.17) is 4.74 Å². The molecule has 8 heteroatoms. The van der Waals surface area contributed by atoms with Crippen LogP contribution in [-0.2, 0) is 9.53 Å². The molecule has 0 atom stereocenters. The lowest BCUT2D eigenvalue weighted by Crippen LogP contribution is -2.37. The molecule has 0 aliphatic carbocycles. The molecule has 1 fully saturated rings. The lowest BCUT2D eigenvalue weighted by atomic mass is 10.2. The number of nitrogens with zero attached hydrogens (tertiary/aromatic N) is 3. The fourth-order valence-electron chi connectivity index (χ4n) is 2.44. The number of hydrogen-bond acceptors (Lipinski definition) is 6. The van der Waals surface area contributed by atoms with Crippen molar-refractivity contribution in [2.24, 2.45) is 0 Å². The molecule has 1 saturated heterocycles. The Bertz CT molecular complexity index is 740. The van der Waals surface area contributed by atoms with E-state index < -0.39 is 0 Å². The summed E-state index contributed by atoms with van der Waals surface area (Å²) in [5.41, 5.74) is 1.52. The highest BCUT2D eigenvalue weighted by molar-refractivity contribution is 6.03. The lowest BCUT2D eigenvalue weighted by molar-refractivity contribution is -0.114. The van der Waals surface area contributed by atoms with Crippen LogP contribution in [0.4, 0.5) is 17.2 Å². The molecule has 25 heavy (non-hydrogen) atoms. The summed E-state index contributed by atoms with van der Waals surface area (Å²) in [5, 5.41) is 13.5. The van der Waals surface area contributed by atoms with Crippen LogP contribution in [0.15, 0.2) is 36.4 Å². The van der Waals surface area contributed by atoms with Gasteiger partial charge >= 0.3 is 0 Å². The van der Waals surface area contributed by atoms with Crippen molar-refractivity contribution in [2.45, 2.75) is 6.92 Å². The van der Waals surface area contributed by atoms with Gasteiger partial charge in [-0.05, 0) is 36.4 Å². The molecule has 1 aromatic heterocycles. The minimum Gasteiger partial charge on any atom is -0.378 e. The second-order valence-corrected chi connectivity index (χ2v) is 5.59. The summed E-state index contributed by atoms with van der Waals surface area (Å²) >= 11 is 0. The quantitative estimate of drug-likeness (QED) is 0.875. The maximum atomic E-state index is 12.2. The van der Waals surface area contributed by atoms with Gasteiger partial charge in [-0.25, -0.2) is 0 Å². The third-order valence-corrected chi connectivity index (χ3v) is 3.68. The maximum Gasteiger partial charge on any atom is 0.276 e. The lowest BCUT2D eigenvalue weighted by Gasteiger charge is -2.27. The fraction of sp³-hybridized carbons (Fsp3) is 0.294. The van der Waals surface area contributed by atoms with Crippen molar-refractivity contribution >= 4 is 29.0 Å². The van der Waals surface area contributed by atoms with Crippen LogP contribution in [0, 0.1) is 0 Å². The van der Waals surface area contributed by atoms with Gasteiger partial charge in [0.25, 0.3) is 5.91 Å². The van der Waals surface area contributed by atoms with E-state index in [0.29, 0.717) is 24.6 Å². The first-order valence-corrected chi connectivity index (χ1v) is 7.97. The SMILES string of the molecule is CC(=O)Nc1ccc(NC(=O)c2ccc(N3CCOCC3)nn2)cc1. The Balaban J connectivity index is 1.61. The second kappa shape index (κ2) is 7.71. The standard InChI is InChI=1S/C17H19N5O3/c1-12(23)18-13-2-4-14(5-3-13)19-17(24)15-6-7-16(21-20-15)22-8-10-25-11-9-22/h2-7H,8-11H2,1H3,(H,18,23)(H,19,24). The molecule has 130 valence electrons. The molecular formula is C17H19N5O3. The Hall–Kier alpha value is -3.00. The van der Waals surface area contributed by atoms with Crippen molar-refractivity contribution in [1.29, 1.82) is 0 Å². The monoisotopic (exact) mass is 341 g/mol. The molecule has 3 rings (SSSR count). The average molecular weight is 341 g/mol. The highest BCUT2D eigenvalue weighted by Crippen LogP contribution is 2.15. The van der Waals surface area contributed by atoms with E-state index in [9.17, 15) is 9.59 Å². The number of nitrogens with one attached hydrogen (secondary N) is 2. The van der Waals surface area contributed by atoms with Gasteiger partial charge in [0.1, 0.15) is 0 Å². The zero-order valence-corrected chi connectivity index (χ0v) is 13.9. The molecular weight excluding hydrogens is 322 g/mol. The van der Waals surface area contributed by atoms with E-state index >= 15 is 0 Å². The Morgan fingerprint density at radius 3 is 2.16 bits per heavy atom. The van der Waals surface area contributed by atoms with Crippen LogP contribution in [0.25, 0.3) is 0 Å². The van der Waals surface area contributed by atoms with Crippen molar-refractivity contribution in [3.8, 4) is 0 Å². The topological polar surface area (TPSA) is 96.5 Å². The van der Waals surface area contributed by atoms with Crippen molar-refractivity contribution in [3.05, 3.63) is 42.1 Å². The number of carbonyl (C=O) groups is 2. The van der Waals surface area contributed by atoms with E-state index in [-0.39, 0.29) is 17.5 Å². The molecule has 2 amide bonds. The molecule has 0 radical (unpaired) electrons. The number of aromatic nitrogens is 2. The van der Waals surface area contributed by atoms with Crippen molar-refractivity contribution in [2.75, 3.05) is 41.8 Å². The van der Waals surface area contributed by atoms with Crippen molar-refractivity contribution in [3.63, 3.8) is 0 Å². The van der Waals surface area contributed by atoms with Gasteiger partial charge in [0, 0.05) is 31.4 Å². The first-order chi connectivity index (χ1) is 12.1. The van der Waals surface area contributed by atoms with Crippen LogP contribution in [-0.4, -0.2) is 48.3 Å². The third-order valence-electron chi connectivity index (χ3n) is 3.68. The van der Waals surface area contributed by atoms with Gasteiger partial charge in [0.05, 0.1) is 13.2 Å². The van der Waals surface area contributed by atoms with Gasteiger partial charge in [-0.15, -0.1) is 10.2 Å². The predicted octanol–water partition coefficient (Wildman–Crippen LogP) is 1.52. The summed E-state index contributed by atoms with van der Waals surface area (Å²) in [7, 11) is 0. The smallest absolute Gasteiger partial charge is 0.276 e. The number of carbonyl (C=O) groups excluding carboxylic acids is 2. The van der Waals surface area contributed by atoms with Gasteiger partial charge in [0.2, 0.25) is 5.91 Å². The van der Waals surface area contributed by atoms with Crippen LogP contribution in [0.2, 0.25) is 0 Å². The normalized spacial score (nSPS) is 14.0. The number of anilines is 3. The van der Waals surface area contributed by atoms with E-state index in [1.54, 1.807) is 36.4 Å². The number of ether oxygens (including phenoxy) is 1. The number of morpholine rings is 1. The van der Waals surface area contributed by atoms with Crippen LogP contribution in [0.3, 0.4) is 0 Å². The summed E-state index contributed by atoms with van der Waals surface area (Å²) in [6.07, 6.45) is 0.